The van der Waals surface area contributed by atoms with Crippen LogP contribution in [0.15, 0.2) is 41.8 Å². The average molecular weight is 296 g/mol. The summed E-state index contributed by atoms with van der Waals surface area (Å²) in [5.74, 6) is 0. The van der Waals surface area contributed by atoms with Crippen LogP contribution < -0.4 is 5.32 Å². The number of hydrogen-bond acceptors (Lipinski definition) is 3. The molecule has 0 radical (unpaired) electrons. The van der Waals surface area contributed by atoms with Gasteiger partial charge < -0.3 is 5.32 Å². The summed E-state index contributed by atoms with van der Waals surface area (Å²) < 4.78 is 26.7. The molecule has 112 valence electrons. The average Bonchev–Trinajstić information content (AvgIpc) is 2.42. The lowest BCUT2D eigenvalue weighted by molar-refractivity contribution is 0.383. The first-order valence-corrected chi connectivity index (χ1v) is 8.29. The molecule has 0 saturated heterocycles. The van der Waals surface area contributed by atoms with Crippen LogP contribution in [0.25, 0.3) is 0 Å². The van der Waals surface area contributed by atoms with Crippen LogP contribution in [0.1, 0.15) is 26.3 Å². The highest BCUT2D eigenvalue weighted by atomic mass is 32.2. The van der Waals surface area contributed by atoms with Crippen LogP contribution in [0.3, 0.4) is 0 Å². The molecule has 1 aromatic rings. The van der Waals surface area contributed by atoms with E-state index in [1.165, 1.54) is 4.31 Å². The lowest BCUT2D eigenvalue weighted by Gasteiger charge is -2.24. The van der Waals surface area contributed by atoms with Crippen molar-refractivity contribution < 1.29 is 8.42 Å². The van der Waals surface area contributed by atoms with Crippen LogP contribution in [0, 0.1) is 0 Å². The molecule has 20 heavy (non-hydrogen) atoms. The van der Waals surface area contributed by atoms with Gasteiger partial charge >= 0.3 is 0 Å². The lowest BCUT2D eigenvalue weighted by atomic mass is 10.2. The van der Waals surface area contributed by atoms with Gasteiger partial charge in [0.25, 0.3) is 0 Å². The van der Waals surface area contributed by atoms with Crippen molar-refractivity contribution in [3.63, 3.8) is 0 Å². The smallest absolute Gasteiger partial charge is 0.243 e. The first-order chi connectivity index (χ1) is 9.43. The molecule has 0 amide bonds. The van der Waals surface area contributed by atoms with E-state index in [0.717, 1.165) is 12.1 Å². The maximum absolute atomic E-state index is 12.6. The summed E-state index contributed by atoms with van der Waals surface area (Å²) in [6, 6.07) is 6.98. The molecule has 0 aliphatic carbocycles. The summed E-state index contributed by atoms with van der Waals surface area (Å²) in [6.07, 6.45) is 1.61. The Hall–Kier alpha value is -1.17. The van der Waals surface area contributed by atoms with Crippen molar-refractivity contribution in [2.24, 2.45) is 0 Å². The number of sulfonamides is 1. The van der Waals surface area contributed by atoms with Gasteiger partial charge in [0.1, 0.15) is 0 Å². The molecular formula is C15H24N2O2S. The first-order valence-electron chi connectivity index (χ1n) is 6.85. The molecule has 0 bridgehead atoms. The van der Waals surface area contributed by atoms with Gasteiger partial charge in [-0.1, -0.05) is 25.1 Å². The quantitative estimate of drug-likeness (QED) is 0.749. The number of nitrogens with one attached hydrogen (secondary N) is 1. The first kappa shape index (κ1) is 16.9. The largest absolute Gasteiger partial charge is 0.313 e. The van der Waals surface area contributed by atoms with Crippen molar-refractivity contribution >= 4 is 10.0 Å². The molecule has 0 saturated carbocycles. The minimum absolute atomic E-state index is 0.101. The topological polar surface area (TPSA) is 49.4 Å². The molecule has 0 aliphatic heterocycles. The molecule has 0 spiro atoms. The Morgan fingerprint density at radius 3 is 2.65 bits per heavy atom. The Balaban J connectivity index is 3.10. The van der Waals surface area contributed by atoms with E-state index in [2.05, 4.69) is 11.9 Å². The van der Waals surface area contributed by atoms with Gasteiger partial charge in [0.2, 0.25) is 10.0 Å². The molecular weight excluding hydrogens is 272 g/mol. The summed E-state index contributed by atoms with van der Waals surface area (Å²) in [5.41, 5.74) is 0.968. The third-order valence-electron chi connectivity index (χ3n) is 2.97. The van der Waals surface area contributed by atoms with Gasteiger partial charge in [-0.05, 0) is 38.1 Å². The summed E-state index contributed by atoms with van der Waals surface area (Å²) in [4.78, 5) is 0.337. The van der Waals surface area contributed by atoms with Crippen molar-refractivity contribution in [3.05, 3.63) is 42.5 Å². The number of benzene rings is 1. The van der Waals surface area contributed by atoms with Crippen LogP contribution in [-0.2, 0) is 16.6 Å². The van der Waals surface area contributed by atoms with Gasteiger partial charge in [0.15, 0.2) is 0 Å². The standard InChI is InChI=1S/C15H24N2O2S/c1-5-10-17(13(3)4)20(18,19)15-9-7-8-14(11-15)12-16-6-2/h5,7-9,11,13,16H,1,6,10,12H2,2-4H3. The van der Waals surface area contributed by atoms with E-state index in [0.29, 0.717) is 18.0 Å². The van der Waals surface area contributed by atoms with E-state index in [-0.39, 0.29) is 6.04 Å². The Morgan fingerprint density at radius 2 is 2.10 bits per heavy atom. The molecule has 0 fully saturated rings. The normalized spacial score (nSPS) is 12.1. The number of rotatable bonds is 8. The Morgan fingerprint density at radius 1 is 1.40 bits per heavy atom. The fraction of sp³-hybridized carbons (Fsp3) is 0.467. The zero-order chi connectivity index (χ0) is 15.2. The minimum atomic E-state index is -3.48. The van der Waals surface area contributed by atoms with E-state index in [1.807, 2.05) is 26.8 Å². The molecule has 1 aromatic carbocycles. The summed E-state index contributed by atoms with van der Waals surface area (Å²) in [7, 11) is -3.48. The van der Waals surface area contributed by atoms with Crippen LogP contribution in [-0.4, -0.2) is 31.9 Å². The molecule has 0 aliphatic rings. The Bertz CT molecular complexity index is 539. The second-order valence-electron chi connectivity index (χ2n) is 4.88. The van der Waals surface area contributed by atoms with E-state index in [1.54, 1.807) is 24.3 Å². The second-order valence-corrected chi connectivity index (χ2v) is 6.78. The molecule has 1 rings (SSSR count). The molecule has 0 heterocycles. The molecule has 4 nitrogen and oxygen atoms in total. The van der Waals surface area contributed by atoms with Crippen LogP contribution in [0.5, 0.6) is 0 Å². The summed E-state index contributed by atoms with van der Waals surface area (Å²) in [5, 5.41) is 3.20. The predicted molar refractivity (Wildman–Crippen MR) is 83.0 cm³/mol. The maximum atomic E-state index is 12.6. The Kier molecular flexibility index (Phi) is 6.39. The van der Waals surface area contributed by atoms with Crippen molar-refractivity contribution in [1.82, 2.24) is 9.62 Å². The van der Waals surface area contributed by atoms with Gasteiger partial charge in [-0.15, -0.1) is 6.58 Å². The van der Waals surface area contributed by atoms with Gasteiger partial charge in [-0.2, -0.15) is 4.31 Å². The van der Waals surface area contributed by atoms with Gasteiger partial charge in [0.05, 0.1) is 4.90 Å². The molecule has 0 unspecified atom stereocenters. The fourth-order valence-corrected chi connectivity index (χ4v) is 3.61. The summed E-state index contributed by atoms with van der Waals surface area (Å²) in [6.45, 7) is 11.2. The molecule has 5 heteroatoms. The van der Waals surface area contributed by atoms with Crippen molar-refractivity contribution in [3.8, 4) is 0 Å². The minimum Gasteiger partial charge on any atom is -0.313 e. The third-order valence-corrected chi connectivity index (χ3v) is 5.01. The third kappa shape index (κ3) is 4.16. The van der Waals surface area contributed by atoms with Crippen LogP contribution >= 0.6 is 0 Å². The monoisotopic (exact) mass is 296 g/mol. The molecule has 1 N–H and O–H groups in total. The maximum Gasteiger partial charge on any atom is 0.243 e. The van der Waals surface area contributed by atoms with E-state index in [4.69, 9.17) is 0 Å². The van der Waals surface area contributed by atoms with E-state index >= 15 is 0 Å². The van der Waals surface area contributed by atoms with Crippen LogP contribution in [0.2, 0.25) is 0 Å². The van der Waals surface area contributed by atoms with E-state index < -0.39 is 10.0 Å². The lowest BCUT2D eigenvalue weighted by Crippen LogP contribution is -2.37. The van der Waals surface area contributed by atoms with Crippen molar-refractivity contribution in [1.29, 1.82) is 0 Å². The number of nitrogens with zero attached hydrogens (tertiary/aromatic N) is 1. The predicted octanol–water partition coefficient (Wildman–Crippen LogP) is 2.38. The van der Waals surface area contributed by atoms with Gasteiger partial charge in [0, 0.05) is 19.1 Å². The molecule has 0 aromatic heterocycles. The van der Waals surface area contributed by atoms with Gasteiger partial charge in [-0.3, -0.25) is 0 Å². The second kappa shape index (κ2) is 7.57. The van der Waals surface area contributed by atoms with Crippen LogP contribution in [0.4, 0.5) is 0 Å². The molecule has 0 atom stereocenters. The highest BCUT2D eigenvalue weighted by Crippen LogP contribution is 2.19. The SMILES string of the molecule is C=CCN(C(C)C)S(=O)(=O)c1cccc(CNCC)c1. The highest BCUT2D eigenvalue weighted by Gasteiger charge is 2.25. The highest BCUT2D eigenvalue weighted by molar-refractivity contribution is 7.89. The number of hydrogen-bond donors (Lipinski definition) is 1. The van der Waals surface area contributed by atoms with Gasteiger partial charge in [-0.25, -0.2) is 8.42 Å². The van der Waals surface area contributed by atoms with E-state index in [9.17, 15) is 8.42 Å². The Labute approximate surface area is 122 Å². The fourth-order valence-electron chi connectivity index (χ4n) is 1.93. The van der Waals surface area contributed by atoms with Crippen molar-refractivity contribution in [2.75, 3.05) is 13.1 Å². The zero-order valence-electron chi connectivity index (χ0n) is 12.5. The summed E-state index contributed by atoms with van der Waals surface area (Å²) >= 11 is 0. The van der Waals surface area contributed by atoms with Crippen molar-refractivity contribution in [2.45, 2.75) is 38.3 Å². The zero-order valence-corrected chi connectivity index (χ0v) is 13.3.